The molecule has 0 unspecified atom stereocenters. The van der Waals surface area contributed by atoms with Crippen LogP contribution in [0.2, 0.25) is 0 Å². The highest BCUT2D eigenvalue weighted by Crippen LogP contribution is 2.31. The average Bonchev–Trinajstić information content (AvgIpc) is 2.27. The number of ether oxygens (including phenoxy) is 1. The zero-order chi connectivity index (χ0) is 12.4. The smallest absolute Gasteiger partial charge is 0.119 e. The maximum Gasteiger partial charge on any atom is 0.119 e. The maximum absolute atomic E-state index is 9.97. The molecule has 0 fully saturated rings. The van der Waals surface area contributed by atoms with Gasteiger partial charge in [-0.15, -0.1) is 0 Å². The number of phenolic OH excluding ortho intramolecular Hbond substituents is 1. The molecule has 2 heteroatoms. The number of fused-ring (bicyclic) bond motifs is 1. The van der Waals surface area contributed by atoms with Crippen LogP contribution in [0.1, 0.15) is 37.5 Å². The summed E-state index contributed by atoms with van der Waals surface area (Å²) in [5, 5.41) is 9.97. The van der Waals surface area contributed by atoms with E-state index in [0.717, 1.165) is 28.9 Å². The summed E-state index contributed by atoms with van der Waals surface area (Å²) in [7, 11) is 0. The predicted molar refractivity (Wildman–Crippen MR) is 69.7 cm³/mol. The first kappa shape index (κ1) is 11.8. The Balaban J connectivity index is 2.47. The van der Waals surface area contributed by atoms with E-state index in [2.05, 4.69) is 19.9 Å². The summed E-state index contributed by atoms with van der Waals surface area (Å²) in [6.45, 7) is 6.67. The topological polar surface area (TPSA) is 29.5 Å². The summed E-state index contributed by atoms with van der Waals surface area (Å²) in [5.74, 6) is 1.27. The van der Waals surface area contributed by atoms with Gasteiger partial charge < -0.3 is 9.84 Å². The Morgan fingerprint density at radius 2 is 2.18 bits per heavy atom. The summed E-state index contributed by atoms with van der Waals surface area (Å²) >= 11 is 0. The van der Waals surface area contributed by atoms with Gasteiger partial charge >= 0.3 is 0 Å². The van der Waals surface area contributed by atoms with Crippen LogP contribution in [0.15, 0.2) is 29.5 Å². The fraction of sp³-hybridized carbons (Fsp3) is 0.333. The van der Waals surface area contributed by atoms with E-state index < -0.39 is 0 Å². The fourth-order valence-corrected chi connectivity index (χ4v) is 1.96. The highest BCUT2D eigenvalue weighted by molar-refractivity contribution is 5.64. The minimum absolute atomic E-state index is 0.368. The summed E-state index contributed by atoms with van der Waals surface area (Å²) in [6, 6.07) is 3.68. The summed E-state index contributed by atoms with van der Waals surface area (Å²) < 4.78 is 5.49. The molecule has 0 radical (unpaired) electrons. The van der Waals surface area contributed by atoms with Crippen molar-refractivity contribution < 1.29 is 9.84 Å². The van der Waals surface area contributed by atoms with Gasteiger partial charge in [-0.2, -0.15) is 0 Å². The van der Waals surface area contributed by atoms with Gasteiger partial charge in [-0.1, -0.05) is 17.7 Å². The lowest BCUT2D eigenvalue weighted by atomic mass is 9.95. The molecular weight excluding hydrogens is 212 g/mol. The van der Waals surface area contributed by atoms with Gasteiger partial charge in [0.15, 0.2) is 0 Å². The van der Waals surface area contributed by atoms with Crippen molar-refractivity contribution in [2.24, 2.45) is 0 Å². The quantitative estimate of drug-likeness (QED) is 0.783. The molecule has 0 atom stereocenters. The van der Waals surface area contributed by atoms with Crippen LogP contribution >= 0.6 is 0 Å². The molecule has 1 aliphatic heterocycles. The Hall–Kier alpha value is -1.70. The molecule has 0 saturated heterocycles. The first-order chi connectivity index (χ1) is 8.08. The highest BCUT2D eigenvalue weighted by Gasteiger charge is 2.14. The van der Waals surface area contributed by atoms with E-state index in [-0.39, 0.29) is 0 Å². The molecular formula is C15H18O2. The lowest BCUT2D eigenvalue weighted by Crippen LogP contribution is -2.03. The summed E-state index contributed by atoms with van der Waals surface area (Å²) in [6.07, 6.45) is 4.90. The van der Waals surface area contributed by atoms with Crippen LogP contribution in [0.3, 0.4) is 0 Å². The Kier molecular flexibility index (Phi) is 3.23. The average molecular weight is 230 g/mol. The Bertz CT molecular complexity index is 492. The normalized spacial score (nSPS) is 13.5. The fourth-order valence-electron chi connectivity index (χ4n) is 1.96. The maximum atomic E-state index is 9.97. The van der Waals surface area contributed by atoms with E-state index in [1.54, 1.807) is 6.07 Å². The van der Waals surface area contributed by atoms with Crippen LogP contribution in [-0.4, -0.2) is 5.11 Å². The van der Waals surface area contributed by atoms with E-state index in [1.165, 1.54) is 5.57 Å². The van der Waals surface area contributed by atoms with Crippen molar-refractivity contribution in [3.8, 4) is 5.75 Å². The minimum atomic E-state index is 0.368. The zero-order valence-corrected chi connectivity index (χ0v) is 10.6. The van der Waals surface area contributed by atoms with E-state index in [9.17, 15) is 5.11 Å². The zero-order valence-electron chi connectivity index (χ0n) is 10.6. The van der Waals surface area contributed by atoms with Gasteiger partial charge in [-0.05, 0) is 50.5 Å². The van der Waals surface area contributed by atoms with Crippen LogP contribution in [0.4, 0.5) is 0 Å². The van der Waals surface area contributed by atoms with Crippen molar-refractivity contribution in [3.63, 3.8) is 0 Å². The third kappa shape index (κ3) is 2.52. The van der Waals surface area contributed by atoms with Crippen molar-refractivity contribution in [2.45, 2.75) is 33.8 Å². The van der Waals surface area contributed by atoms with Gasteiger partial charge in [-0.3, -0.25) is 0 Å². The van der Waals surface area contributed by atoms with Gasteiger partial charge in [0, 0.05) is 5.56 Å². The van der Waals surface area contributed by atoms with E-state index in [0.29, 0.717) is 12.4 Å². The molecule has 90 valence electrons. The van der Waals surface area contributed by atoms with Crippen LogP contribution in [0.25, 0.3) is 6.08 Å². The molecule has 0 bridgehead atoms. The summed E-state index contributed by atoms with van der Waals surface area (Å²) in [5.41, 5.74) is 4.51. The number of aromatic hydroxyl groups is 1. The first-order valence-electron chi connectivity index (χ1n) is 5.86. The van der Waals surface area contributed by atoms with Gasteiger partial charge in [0.25, 0.3) is 0 Å². The standard InChI is InChI=1S/C15H18O2/c1-10(2)4-6-13-14-8-11(3)17-9-12(14)5-7-15(13)16/h4-5,7-8,16H,6,9H2,1-3H3. The van der Waals surface area contributed by atoms with E-state index in [1.807, 2.05) is 19.1 Å². The molecule has 1 heterocycles. The second-order valence-electron chi connectivity index (χ2n) is 4.67. The molecule has 1 N–H and O–H groups in total. The minimum Gasteiger partial charge on any atom is -0.508 e. The van der Waals surface area contributed by atoms with Crippen LogP contribution in [0, 0.1) is 0 Å². The lowest BCUT2D eigenvalue weighted by molar-refractivity contribution is 0.199. The molecule has 0 spiro atoms. The van der Waals surface area contributed by atoms with Crippen LogP contribution in [0.5, 0.6) is 5.75 Å². The molecule has 17 heavy (non-hydrogen) atoms. The van der Waals surface area contributed by atoms with E-state index in [4.69, 9.17) is 4.74 Å². The highest BCUT2D eigenvalue weighted by atomic mass is 16.5. The molecule has 1 aliphatic rings. The number of phenols is 1. The number of rotatable bonds is 2. The Labute approximate surface area is 102 Å². The largest absolute Gasteiger partial charge is 0.508 e. The molecule has 2 rings (SSSR count). The number of hydrogen-bond donors (Lipinski definition) is 1. The monoisotopic (exact) mass is 230 g/mol. The van der Waals surface area contributed by atoms with Crippen LogP contribution < -0.4 is 0 Å². The van der Waals surface area contributed by atoms with E-state index >= 15 is 0 Å². The predicted octanol–water partition coefficient (Wildman–Crippen LogP) is 3.79. The molecule has 0 aromatic heterocycles. The van der Waals surface area contributed by atoms with Crippen molar-refractivity contribution in [3.05, 3.63) is 46.2 Å². The SMILES string of the molecule is CC(C)=CCc1c(O)ccc2c1C=C(C)OC2. The second kappa shape index (κ2) is 4.66. The molecule has 1 aromatic rings. The third-order valence-corrected chi connectivity index (χ3v) is 2.94. The van der Waals surface area contributed by atoms with Crippen molar-refractivity contribution in [1.82, 2.24) is 0 Å². The van der Waals surface area contributed by atoms with Gasteiger partial charge in [0.05, 0.1) is 5.76 Å². The van der Waals surface area contributed by atoms with Crippen molar-refractivity contribution in [1.29, 1.82) is 0 Å². The lowest BCUT2D eigenvalue weighted by Gasteiger charge is -2.19. The van der Waals surface area contributed by atoms with Crippen molar-refractivity contribution >= 4 is 6.08 Å². The van der Waals surface area contributed by atoms with Crippen molar-refractivity contribution in [2.75, 3.05) is 0 Å². The van der Waals surface area contributed by atoms with Gasteiger partial charge in [0.2, 0.25) is 0 Å². The first-order valence-corrected chi connectivity index (χ1v) is 5.86. The van der Waals surface area contributed by atoms with Gasteiger partial charge in [0.1, 0.15) is 12.4 Å². The molecule has 2 nitrogen and oxygen atoms in total. The third-order valence-electron chi connectivity index (χ3n) is 2.94. The summed E-state index contributed by atoms with van der Waals surface area (Å²) in [4.78, 5) is 0. The molecule has 1 aromatic carbocycles. The molecule has 0 aliphatic carbocycles. The molecule has 0 amide bonds. The number of hydrogen-bond acceptors (Lipinski definition) is 2. The number of allylic oxidation sites excluding steroid dienone is 3. The second-order valence-corrected chi connectivity index (χ2v) is 4.67. The van der Waals surface area contributed by atoms with Gasteiger partial charge in [-0.25, -0.2) is 0 Å². The Morgan fingerprint density at radius 3 is 2.88 bits per heavy atom. The molecule has 0 saturated carbocycles. The number of benzene rings is 1. The Morgan fingerprint density at radius 1 is 1.41 bits per heavy atom. The van der Waals surface area contributed by atoms with Crippen LogP contribution in [-0.2, 0) is 17.8 Å².